The molecule has 0 amide bonds. The summed E-state index contributed by atoms with van der Waals surface area (Å²) in [5.74, 6) is -1.10. The minimum absolute atomic E-state index is 0.146. The van der Waals surface area contributed by atoms with Crippen LogP contribution in [0.25, 0.3) is 0 Å². The number of carbonyl (C=O) groups excluding carboxylic acids is 1. The molecular formula is C14H14N3O2-. The van der Waals surface area contributed by atoms with Crippen LogP contribution in [0.5, 0.6) is 0 Å². The summed E-state index contributed by atoms with van der Waals surface area (Å²) >= 11 is 0. The predicted octanol–water partition coefficient (Wildman–Crippen LogP) is 0.229. The van der Waals surface area contributed by atoms with Gasteiger partial charge in [-0.05, 0) is 24.3 Å². The first kappa shape index (κ1) is 13.2. The second-order valence-corrected chi connectivity index (χ2v) is 4.16. The fraction of sp³-hybridized carbons (Fsp3) is 0.214. The lowest BCUT2D eigenvalue weighted by molar-refractivity contribution is -0.306. The number of aromatic nitrogens is 2. The Balaban J connectivity index is 2.06. The molecule has 0 saturated carbocycles. The second kappa shape index (κ2) is 6.61. The first-order valence-electron chi connectivity index (χ1n) is 5.96. The molecule has 5 heteroatoms. The van der Waals surface area contributed by atoms with E-state index in [0.717, 1.165) is 11.4 Å². The van der Waals surface area contributed by atoms with Gasteiger partial charge in [-0.1, -0.05) is 12.1 Å². The summed E-state index contributed by atoms with van der Waals surface area (Å²) in [5, 5.41) is 10.8. The summed E-state index contributed by atoms with van der Waals surface area (Å²) in [6.07, 6.45) is 3.38. The molecule has 0 unspecified atom stereocenters. The molecule has 0 fully saturated rings. The molecule has 2 rings (SSSR count). The van der Waals surface area contributed by atoms with E-state index in [9.17, 15) is 9.90 Å². The van der Waals surface area contributed by atoms with E-state index in [2.05, 4.69) is 9.97 Å². The van der Waals surface area contributed by atoms with Gasteiger partial charge in [0.1, 0.15) is 0 Å². The molecule has 0 bridgehead atoms. The van der Waals surface area contributed by atoms with Crippen LogP contribution in [-0.4, -0.2) is 27.4 Å². The van der Waals surface area contributed by atoms with Gasteiger partial charge in [-0.3, -0.25) is 14.9 Å². The molecule has 98 valence electrons. The van der Waals surface area contributed by atoms with E-state index < -0.39 is 5.97 Å². The Hall–Kier alpha value is -2.27. The molecule has 0 atom stereocenters. The molecule has 0 aromatic carbocycles. The van der Waals surface area contributed by atoms with Crippen LogP contribution in [0.4, 0.5) is 0 Å². The van der Waals surface area contributed by atoms with Gasteiger partial charge in [-0.15, -0.1) is 0 Å². The van der Waals surface area contributed by atoms with Crippen LogP contribution in [0.15, 0.2) is 48.8 Å². The van der Waals surface area contributed by atoms with E-state index in [0.29, 0.717) is 13.1 Å². The third-order valence-corrected chi connectivity index (χ3v) is 2.58. The number of hydrogen-bond donors (Lipinski definition) is 0. The predicted molar refractivity (Wildman–Crippen MR) is 67.6 cm³/mol. The average molecular weight is 256 g/mol. The van der Waals surface area contributed by atoms with Crippen LogP contribution in [0.1, 0.15) is 11.4 Å². The molecule has 0 radical (unpaired) electrons. The third-order valence-electron chi connectivity index (χ3n) is 2.58. The largest absolute Gasteiger partial charge is 0.549 e. The molecule has 0 aliphatic rings. The highest BCUT2D eigenvalue weighted by atomic mass is 16.4. The lowest BCUT2D eigenvalue weighted by Crippen LogP contribution is -2.37. The van der Waals surface area contributed by atoms with Crippen molar-refractivity contribution in [3.8, 4) is 0 Å². The van der Waals surface area contributed by atoms with Crippen molar-refractivity contribution in [1.29, 1.82) is 0 Å². The zero-order chi connectivity index (χ0) is 13.5. The van der Waals surface area contributed by atoms with Crippen LogP contribution < -0.4 is 5.11 Å². The Morgan fingerprint density at radius 2 is 1.53 bits per heavy atom. The van der Waals surface area contributed by atoms with Crippen molar-refractivity contribution < 1.29 is 9.90 Å². The molecule has 0 aliphatic heterocycles. The van der Waals surface area contributed by atoms with Crippen molar-refractivity contribution >= 4 is 5.97 Å². The normalized spacial score (nSPS) is 10.6. The Labute approximate surface area is 111 Å². The topological polar surface area (TPSA) is 69.2 Å². The summed E-state index contributed by atoms with van der Waals surface area (Å²) in [6.45, 7) is 0.754. The highest BCUT2D eigenvalue weighted by Gasteiger charge is 2.08. The fourth-order valence-corrected chi connectivity index (χ4v) is 1.79. The van der Waals surface area contributed by atoms with Crippen LogP contribution in [-0.2, 0) is 17.9 Å². The van der Waals surface area contributed by atoms with Gasteiger partial charge in [0.05, 0.1) is 17.4 Å². The quantitative estimate of drug-likeness (QED) is 0.740. The lowest BCUT2D eigenvalue weighted by atomic mass is 10.3. The van der Waals surface area contributed by atoms with Crippen LogP contribution >= 0.6 is 0 Å². The van der Waals surface area contributed by atoms with Gasteiger partial charge in [0.15, 0.2) is 0 Å². The van der Waals surface area contributed by atoms with E-state index >= 15 is 0 Å². The van der Waals surface area contributed by atoms with Gasteiger partial charge in [-0.25, -0.2) is 0 Å². The Morgan fingerprint density at radius 1 is 1.00 bits per heavy atom. The summed E-state index contributed by atoms with van der Waals surface area (Å²) < 4.78 is 0. The number of rotatable bonds is 6. The van der Waals surface area contributed by atoms with Gasteiger partial charge >= 0.3 is 0 Å². The fourth-order valence-electron chi connectivity index (χ4n) is 1.79. The molecule has 2 heterocycles. The summed E-state index contributed by atoms with van der Waals surface area (Å²) in [5.41, 5.74) is 1.64. The summed E-state index contributed by atoms with van der Waals surface area (Å²) in [7, 11) is 0. The van der Waals surface area contributed by atoms with Crippen molar-refractivity contribution in [2.75, 3.05) is 6.54 Å². The second-order valence-electron chi connectivity index (χ2n) is 4.16. The maximum absolute atomic E-state index is 10.8. The van der Waals surface area contributed by atoms with Crippen molar-refractivity contribution in [3.05, 3.63) is 60.2 Å². The maximum Gasteiger partial charge on any atom is 0.0555 e. The number of pyridine rings is 2. The summed E-state index contributed by atoms with van der Waals surface area (Å²) in [4.78, 5) is 20.9. The zero-order valence-corrected chi connectivity index (χ0v) is 10.4. The van der Waals surface area contributed by atoms with Gasteiger partial charge in [0.25, 0.3) is 0 Å². The van der Waals surface area contributed by atoms with Gasteiger partial charge in [-0.2, -0.15) is 0 Å². The Kier molecular flexibility index (Phi) is 4.58. The van der Waals surface area contributed by atoms with E-state index in [4.69, 9.17) is 0 Å². The molecule has 0 aliphatic carbocycles. The Bertz CT molecular complexity index is 475. The monoisotopic (exact) mass is 256 g/mol. The summed E-state index contributed by atoms with van der Waals surface area (Å²) in [6, 6.07) is 11.1. The molecule has 0 N–H and O–H groups in total. The van der Waals surface area contributed by atoms with Crippen molar-refractivity contribution in [2.45, 2.75) is 13.1 Å². The smallest absolute Gasteiger partial charge is 0.0555 e. The highest BCUT2D eigenvalue weighted by Crippen LogP contribution is 2.06. The first-order valence-corrected chi connectivity index (χ1v) is 5.96. The zero-order valence-electron chi connectivity index (χ0n) is 10.4. The average Bonchev–Trinajstić information content (AvgIpc) is 2.40. The Morgan fingerprint density at radius 3 is 1.89 bits per heavy atom. The van der Waals surface area contributed by atoms with E-state index in [1.54, 1.807) is 17.3 Å². The lowest BCUT2D eigenvalue weighted by Gasteiger charge is -2.21. The van der Waals surface area contributed by atoms with Gasteiger partial charge in [0.2, 0.25) is 0 Å². The number of carboxylic acids is 1. The molecule has 2 aromatic rings. The SMILES string of the molecule is O=C([O-])CN(Cc1ccccn1)Cc1ccccn1. The van der Waals surface area contributed by atoms with Crippen molar-refractivity contribution in [2.24, 2.45) is 0 Å². The molecule has 19 heavy (non-hydrogen) atoms. The number of nitrogens with zero attached hydrogens (tertiary/aromatic N) is 3. The van der Waals surface area contributed by atoms with Crippen molar-refractivity contribution in [1.82, 2.24) is 14.9 Å². The van der Waals surface area contributed by atoms with E-state index in [1.807, 2.05) is 36.4 Å². The van der Waals surface area contributed by atoms with Crippen LogP contribution in [0.2, 0.25) is 0 Å². The first-order chi connectivity index (χ1) is 9.24. The van der Waals surface area contributed by atoms with Crippen LogP contribution in [0.3, 0.4) is 0 Å². The third kappa shape index (κ3) is 4.48. The molecule has 2 aromatic heterocycles. The number of hydrogen-bond acceptors (Lipinski definition) is 5. The molecular weight excluding hydrogens is 242 g/mol. The highest BCUT2D eigenvalue weighted by molar-refractivity contribution is 5.66. The van der Waals surface area contributed by atoms with E-state index in [-0.39, 0.29) is 6.54 Å². The number of carboxylic acid groups (broad SMARTS) is 1. The molecule has 5 nitrogen and oxygen atoms in total. The molecule has 0 saturated heterocycles. The minimum atomic E-state index is -1.10. The number of carbonyl (C=O) groups is 1. The minimum Gasteiger partial charge on any atom is -0.549 e. The maximum atomic E-state index is 10.8. The number of aliphatic carboxylic acids is 1. The van der Waals surface area contributed by atoms with Crippen LogP contribution in [0, 0.1) is 0 Å². The van der Waals surface area contributed by atoms with Gasteiger partial charge < -0.3 is 9.90 Å². The van der Waals surface area contributed by atoms with Crippen molar-refractivity contribution in [3.63, 3.8) is 0 Å². The van der Waals surface area contributed by atoms with E-state index in [1.165, 1.54) is 0 Å². The molecule has 0 spiro atoms. The van der Waals surface area contributed by atoms with Gasteiger partial charge in [0, 0.05) is 32.0 Å². The standard InChI is InChI=1S/C14H15N3O2/c18-14(19)11-17(9-12-5-1-3-7-15-12)10-13-6-2-4-8-16-13/h1-8H,9-11H2,(H,18,19)/p-1.